The van der Waals surface area contributed by atoms with E-state index in [0.29, 0.717) is 12.1 Å². The Balaban J connectivity index is 1.93. The number of benzene rings is 1. The van der Waals surface area contributed by atoms with Crippen LogP contribution >= 0.6 is 0 Å². The molecule has 0 saturated heterocycles. The predicted molar refractivity (Wildman–Crippen MR) is 75.1 cm³/mol. The summed E-state index contributed by atoms with van der Waals surface area (Å²) in [4.78, 5) is 0. The maximum absolute atomic E-state index is 9.92. The van der Waals surface area contributed by atoms with Gasteiger partial charge in [-0.25, -0.2) is 0 Å². The maximum atomic E-state index is 9.92. The van der Waals surface area contributed by atoms with Crippen molar-refractivity contribution in [3.8, 4) is 0 Å². The van der Waals surface area contributed by atoms with Crippen molar-refractivity contribution < 1.29 is 20.4 Å². The van der Waals surface area contributed by atoms with Gasteiger partial charge in [0.05, 0.1) is 12.6 Å². The normalized spacial score (nSPS) is 30.1. The monoisotopic (exact) mass is 279 g/mol. The molecule has 0 saturated carbocycles. The van der Waals surface area contributed by atoms with E-state index in [-0.39, 0.29) is 6.61 Å². The number of nitrogens with one attached hydrogen (secondary N) is 1. The van der Waals surface area contributed by atoms with Gasteiger partial charge in [-0.1, -0.05) is 36.4 Å². The lowest BCUT2D eigenvalue weighted by Crippen LogP contribution is -2.54. The minimum Gasteiger partial charge on any atom is -0.392 e. The number of aliphatic hydroxyl groups is 4. The standard InChI is InChI=1S/C15H21NO4/c17-9-11-8-12(14(19)15(20)13(11)18)16-7-6-10-4-2-1-3-5-10/h1-5,8,12-20H,6-7,9H2/t12-,13+,14-,15?/m0/s1. The highest BCUT2D eigenvalue weighted by molar-refractivity contribution is 5.22. The molecule has 4 atom stereocenters. The van der Waals surface area contributed by atoms with E-state index in [2.05, 4.69) is 5.32 Å². The highest BCUT2D eigenvalue weighted by Crippen LogP contribution is 2.20. The first-order chi connectivity index (χ1) is 9.63. The van der Waals surface area contributed by atoms with Crippen LogP contribution in [-0.2, 0) is 6.42 Å². The Morgan fingerprint density at radius 1 is 1.00 bits per heavy atom. The summed E-state index contributed by atoms with van der Waals surface area (Å²) in [5.74, 6) is 0. The Morgan fingerprint density at radius 3 is 2.35 bits per heavy atom. The first-order valence-corrected chi connectivity index (χ1v) is 6.76. The molecular weight excluding hydrogens is 258 g/mol. The molecule has 5 N–H and O–H groups in total. The van der Waals surface area contributed by atoms with Gasteiger partial charge in [-0.3, -0.25) is 0 Å². The summed E-state index contributed by atoms with van der Waals surface area (Å²) in [5.41, 5.74) is 1.51. The third kappa shape index (κ3) is 3.45. The lowest BCUT2D eigenvalue weighted by molar-refractivity contribution is -0.0640. The molecule has 0 bridgehead atoms. The molecule has 20 heavy (non-hydrogen) atoms. The van der Waals surface area contributed by atoms with Gasteiger partial charge >= 0.3 is 0 Å². The summed E-state index contributed by atoms with van der Waals surface area (Å²) in [6, 6.07) is 9.46. The average molecular weight is 279 g/mol. The molecule has 2 rings (SSSR count). The zero-order chi connectivity index (χ0) is 14.5. The minimum atomic E-state index is -1.28. The Morgan fingerprint density at radius 2 is 1.70 bits per heavy atom. The maximum Gasteiger partial charge on any atom is 0.111 e. The van der Waals surface area contributed by atoms with E-state index in [4.69, 9.17) is 5.11 Å². The van der Waals surface area contributed by atoms with Crippen LogP contribution in [0.4, 0.5) is 0 Å². The van der Waals surface area contributed by atoms with Crippen LogP contribution in [0.1, 0.15) is 5.56 Å². The van der Waals surface area contributed by atoms with Gasteiger partial charge in [-0.2, -0.15) is 0 Å². The van der Waals surface area contributed by atoms with E-state index in [9.17, 15) is 15.3 Å². The molecule has 1 aromatic rings. The van der Waals surface area contributed by atoms with Crippen LogP contribution in [0.3, 0.4) is 0 Å². The van der Waals surface area contributed by atoms with E-state index in [0.717, 1.165) is 6.42 Å². The molecule has 1 aliphatic rings. The zero-order valence-corrected chi connectivity index (χ0v) is 11.2. The van der Waals surface area contributed by atoms with Gasteiger partial charge in [-0.15, -0.1) is 0 Å². The second kappa shape index (κ2) is 6.97. The summed E-state index contributed by atoms with van der Waals surface area (Å²) < 4.78 is 0. The molecule has 1 aromatic carbocycles. The van der Waals surface area contributed by atoms with Gasteiger partial charge in [0.2, 0.25) is 0 Å². The fraction of sp³-hybridized carbons (Fsp3) is 0.467. The van der Waals surface area contributed by atoms with Crippen LogP contribution in [0.25, 0.3) is 0 Å². The molecule has 0 aromatic heterocycles. The summed E-state index contributed by atoms with van der Waals surface area (Å²) >= 11 is 0. The fourth-order valence-electron chi connectivity index (χ4n) is 2.40. The topological polar surface area (TPSA) is 93.0 Å². The number of aliphatic hydroxyl groups excluding tert-OH is 4. The molecule has 1 aliphatic carbocycles. The molecule has 0 fully saturated rings. The van der Waals surface area contributed by atoms with Crippen LogP contribution in [0.2, 0.25) is 0 Å². The number of hydrogen-bond acceptors (Lipinski definition) is 5. The Hall–Kier alpha value is -1.24. The van der Waals surface area contributed by atoms with E-state index < -0.39 is 24.4 Å². The van der Waals surface area contributed by atoms with Crippen molar-refractivity contribution in [3.63, 3.8) is 0 Å². The molecule has 0 radical (unpaired) electrons. The summed E-state index contributed by atoms with van der Waals surface area (Å²) in [6.07, 6.45) is -1.19. The van der Waals surface area contributed by atoms with Crippen molar-refractivity contribution in [3.05, 3.63) is 47.5 Å². The van der Waals surface area contributed by atoms with Crippen LogP contribution in [-0.4, -0.2) is 57.9 Å². The van der Waals surface area contributed by atoms with Crippen molar-refractivity contribution in [2.75, 3.05) is 13.2 Å². The van der Waals surface area contributed by atoms with E-state index in [1.807, 2.05) is 30.3 Å². The summed E-state index contributed by atoms with van der Waals surface area (Å²) in [5, 5.41) is 41.6. The Kier molecular flexibility index (Phi) is 5.28. The predicted octanol–water partition coefficient (Wildman–Crippen LogP) is -0.798. The second-order valence-electron chi connectivity index (χ2n) is 5.04. The van der Waals surface area contributed by atoms with E-state index >= 15 is 0 Å². The molecular formula is C15H21NO4. The Labute approximate surface area is 118 Å². The van der Waals surface area contributed by atoms with Gasteiger partial charge in [0.1, 0.15) is 18.3 Å². The van der Waals surface area contributed by atoms with Gasteiger partial charge in [0.25, 0.3) is 0 Å². The number of hydrogen-bond donors (Lipinski definition) is 5. The van der Waals surface area contributed by atoms with Crippen molar-refractivity contribution in [1.29, 1.82) is 0 Å². The molecule has 1 unspecified atom stereocenters. The van der Waals surface area contributed by atoms with Crippen molar-refractivity contribution in [2.24, 2.45) is 0 Å². The van der Waals surface area contributed by atoms with Gasteiger partial charge in [0, 0.05) is 0 Å². The molecule has 0 amide bonds. The molecule has 110 valence electrons. The Bertz CT molecular complexity index is 448. The van der Waals surface area contributed by atoms with E-state index in [1.165, 1.54) is 5.56 Å². The largest absolute Gasteiger partial charge is 0.392 e. The van der Waals surface area contributed by atoms with E-state index in [1.54, 1.807) is 6.08 Å². The van der Waals surface area contributed by atoms with Gasteiger partial charge < -0.3 is 25.7 Å². The highest BCUT2D eigenvalue weighted by Gasteiger charge is 2.36. The summed E-state index contributed by atoms with van der Waals surface area (Å²) in [7, 11) is 0. The smallest absolute Gasteiger partial charge is 0.111 e. The first-order valence-electron chi connectivity index (χ1n) is 6.76. The van der Waals surface area contributed by atoms with Crippen molar-refractivity contribution in [1.82, 2.24) is 5.32 Å². The third-order valence-corrected chi connectivity index (χ3v) is 3.63. The highest BCUT2D eigenvalue weighted by atomic mass is 16.4. The number of rotatable bonds is 5. The molecule has 0 spiro atoms. The quantitative estimate of drug-likeness (QED) is 0.455. The fourth-order valence-corrected chi connectivity index (χ4v) is 2.40. The van der Waals surface area contributed by atoms with Crippen LogP contribution in [0.5, 0.6) is 0 Å². The molecule has 5 nitrogen and oxygen atoms in total. The first kappa shape index (κ1) is 15.2. The van der Waals surface area contributed by atoms with Gasteiger partial charge in [0.15, 0.2) is 0 Å². The third-order valence-electron chi connectivity index (χ3n) is 3.63. The molecule has 0 heterocycles. The van der Waals surface area contributed by atoms with Crippen LogP contribution < -0.4 is 5.32 Å². The van der Waals surface area contributed by atoms with Crippen molar-refractivity contribution in [2.45, 2.75) is 30.8 Å². The average Bonchev–Trinajstić information content (AvgIpc) is 2.48. The molecule has 0 aliphatic heterocycles. The molecule has 5 heteroatoms. The lowest BCUT2D eigenvalue weighted by Gasteiger charge is -2.34. The van der Waals surface area contributed by atoms with Crippen molar-refractivity contribution >= 4 is 0 Å². The SMILES string of the molecule is OCC1=C[C@H](NCCc2ccccc2)[C@H](O)C(O)[C@@H]1O. The van der Waals surface area contributed by atoms with Crippen LogP contribution in [0.15, 0.2) is 42.0 Å². The van der Waals surface area contributed by atoms with Crippen LogP contribution in [0, 0.1) is 0 Å². The zero-order valence-electron chi connectivity index (χ0n) is 11.2. The summed E-state index contributed by atoms with van der Waals surface area (Å²) in [6.45, 7) is 0.297. The lowest BCUT2D eigenvalue weighted by atomic mass is 9.88. The minimum absolute atomic E-state index is 0.332. The van der Waals surface area contributed by atoms with Gasteiger partial charge in [-0.05, 0) is 24.1 Å². The second-order valence-corrected chi connectivity index (χ2v) is 5.04.